The molecule has 8 nitrogen and oxygen atoms in total. The zero-order valence-corrected chi connectivity index (χ0v) is 16.2. The topological polar surface area (TPSA) is 129 Å². The molecule has 10 heteroatoms. The zero-order valence-electron chi connectivity index (χ0n) is 14.4. The van der Waals surface area contributed by atoms with Crippen LogP contribution >= 0.6 is 17.2 Å². The van der Waals surface area contributed by atoms with Crippen molar-refractivity contribution in [3.05, 3.63) is 0 Å². The molecule has 2 saturated carbocycles. The lowest BCUT2D eigenvalue weighted by molar-refractivity contribution is -0.151. The van der Waals surface area contributed by atoms with Gasteiger partial charge in [0.05, 0.1) is 37.4 Å². The van der Waals surface area contributed by atoms with E-state index in [-0.39, 0.29) is 31.8 Å². The van der Waals surface area contributed by atoms with Gasteiger partial charge in [-0.3, -0.25) is 0 Å². The first-order valence-electron chi connectivity index (χ1n) is 8.85. The van der Waals surface area contributed by atoms with Crippen LogP contribution in [0.2, 0.25) is 0 Å². The summed E-state index contributed by atoms with van der Waals surface area (Å²) in [5.74, 6) is 0.201. The van der Waals surface area contributed by atoms with Crippen molar-refractivity contribution < 1.29 is 38.5 Å². The zero-order chi connectivity index (χ0) is 18.3. The van der Waals surface area contributed by atoms with Crippen LogP contribution in [0, 0.1) is 11.3 Å². The van der Waals surface area contributed by atoms with Gasteiger partial charge in [-0.2, -0.15) is 0 Å². The minimum Gasteiger partial charge on any atom is -0.396 e. The van der Waals surface area contributed by atoms with Crippen molar-refractivity contribution in [2.75, 3.05) is 19.8 Å². The molecule has 0 radical (unpaired) electrons. The van der Waals surface area contributed by atoms with Crippen molar-refractivity contribution >= 4 is 17.2 Å². The molecule has 0 aromatic rings. The van der Waals surface area contributed by atoms with E-state index < -0.39 is 28.7 Å². The molecule has 0 aliphatic heterocycles. The predicted molar refractivity (Wildman–Crippen MR) is 93.2 cm³/mol. The van der Waals surface area contributed by atoms with Crippen LogP contribution in [-0.2, 0) is 13.8 Å². The summed E-state index contributed by atoms with van der Waals surface area (Å²) in [5.41, 5.74) is -1.07. The molecule has 0 bridgehead atoms. The van der Waals surface area contributed by atoms with Crippen molar-refractivity contribution in [2.24, 2.45) is 11.3 Å². The first-order valence-corrected chi connectivity index (χ1v) is 11.2. The summed E-state index contributed by atoms with van der Waals surface area (Å²) in [6.45, 7) is -0.730. The van der Waals surface area contributed by atoms with Crippen LogP contribution in [-0.4, -0.2) is 56.7 Å². The predicted octanol–water partition coefficient (Wildman–Crippen LogP) is 1.94. The Morgan fingerprint density at radius 3 is 1.76 bits per heavy atom. The molecule has 0 heterocycles. The van der Waals surface area contributed by atoms with Gasteiger partial charge in [0.25, 0.3) is 0 Å². The molecular weight excluding hydrogens is 370 g/mol. The first-order chi connectivity index (χ1) is 12.0. The lowest BCUT2D eigenvalue weighted by Crippen LogP contribution is -2.51. The van der Waals surface area contributed by atoms with Gasteiger partial charge in [-0.05, 0) is 31.6 Å². The fraction of sp³-hybridized carbons (Fsp3) is 1.00. The Labute approximate surface area is 151 Å². The second-order valence-corrected chi connectivity index (χ2v) is 8.61. The highest BCUT2D eigenvalue weighted by Gasteiger charge is 2.47. The monoisotopic (exact) mass is 400 g/mol. The van der Waals surface area contributed by atoms with E-state index in [4.69, 9.17) is 33.4 Å². The van der Waals surface area contributed by atoms with E-state index in [2.05, 4.69) is 0 Å². The Hall–Kier alpha value is 0.540. The van der Waals surface area contributed by atoms with Crippen LogP contribution in [0.4, 0.5) is 0 Å². The number of hydrogen-bond acceptors (Lipinski definition) is 8. The van der Waals surface area contributed by atoms with Crippen LogP contribution in [0.15, 0.2) is 0 Å². The first kappa shape index (κ1) is 21.8. The van der Waals surface area contributed by atoms with Gasteiger partial charge in [-0.15, -0.1) is 0 Å². The van der Waals surface area contributed by atoms with E-state index in [0.717, 1.165) is 51.4 Å². The molecule has 0 saturated heterocycles. The van der Waals surface area contributed by atoms with E-state index in [9.17, 15) is 5.11 Å². The molecule has 0 aromatic heterocycles. The molecule has 2 rings (SSSR count). The second-order valence-electron chi connectivity index (χ2n) is 7.08. The third-order valence-electron chi connectivity index (χ3n) is 5.32. The molecule has 0 spiro atoms. The Bertz CT molecular complexity index is 361. The van der Waals surface area contributed by atoms with Crippen molar-refractivity contribution in [3.8, 4) is 0 Å². The molecule has 148 valence electrons. The molecule has 1 atom stereocenters. The summed E-state index contributed by atoms with van der Waals surface area (Å²) >= 11 is 0. The number of hydrogen-bond donors (Lipinski definition) is 5. The number of rotatable bonds is 11. The van der Waals surface area contributed by atoms with Gasteiger partial charge >= 0.3 is 17.2 Å². The number of ether oxygens (including phenoxy) is 1. The summed E-state index contributed by atoms with van der Waals surface area (Å²) < 4.78 is 16.5. The summed E-state index contributed by atoms with van der Waals surface area (Å²) in [6, 6.07) is 0. The quantitative estimate of drug-likeness (QED) is 0.333. The lowest BCUT2D eigenvalue weighted by atomic mass is 9.77. The highest BCUT2D eigenvalue weighted by Crippen LogP contribution is 2.44. The van der Waals surface area contributed by atoms with Crippen LogP contribution in [0.3, 0.4) is 0 Å². The summed E-state index contributed by atoms with van der Waals surface area (Å²) in [6.07, 6.45) is 7.93. The molecule has 2 aliphatic rings. The standard InChI is InChI=1S/C15H30O8P2/c16-9-15(10-21-24(17)18,11-22-25(19)20)14(12-5-1-2-6-12)23-13-7-3-4-8-13/h12-14,16-20H,1-11H2. The number of aliphatic hydroxyl groups excluding tert-OH is 1. The Kier molecular flexibility index (Phi) is 9.40. The minimum absolute atomic E-state index is 0.103. The summed E-state index contributed by atoms with van der Waals surface area (Å²) in [4.78, 5) is 36.6. The van der Waals surface area contributed by atoms with E-state index in [1.807, 2.05) is 0 Å². The van der Waals surface area contributed by atoms with E-state index >= 15 is 0 Å². The van der Waals surface area contributed by atoms with Crippen LogP contribution in [0.5, 0.6) is 0 Å². The van der Waals surface area contributed by atoms with Gasteiger partial charge in [0, 0.05) is 0 Å². The Balaban J connectivity index is 2.20. The van der Waals surface area contributed by atoms with Gasteiger partial charge in [0.15, 0.2) is 0 Å². The molecule has 25 heavy (non-hydrogen) atoms. The highest BCUT2D eigenvalue weighted by molar-refractivity contribution is 7.39. The van der Waals surface area contributed by atoms with Crippen LogP contribution in [0.25, 0.3) is 0 Å². The molecule has 0 amide bonds. The third-order valence-corrected chi connectivity index (χ3v) is 6.04. The second kappa shape index (κ2) is 10.8. The van der Waals surface area contributed by atoms with E-state index in [0.29, 0.717) is 0 Å². The fourth-order valence-corrected chi connectivity index (χ4v) is 4.75. The van der Waals surface area contributed by atoms with Crippen molar-refractivity contribution in [1.29, 1.82) is 0 Å². The fourth-order valence-electron chi connectivity index (χ4n) is 4.01. The van der Waals surface area contributed by atoms with Gasteiger partial charge in [0.2, 0.25) is 0 Å². The maximum Gasteiger partial charge on any atom is 0.327 e. The molecule has 1 unspecified atom stereocenters. The number of aliphatic hydroxyl groups is 1. The molecule has 2 aliphatic carbocycles. The van der Waals surface area contributed by atoms with Crippen LogP contribution < -0.4 is 0 Å². The minimum atomic E-state index is -2.59. The molecule has 5 N–H and O–H groups in total. The van der Waals surface area contributed by atoms with E-state index in [1.54, 1.807) is 0 Å². The lowest BCUT2D eigenvalue weighted by Gasteiger charge is -2.42. The van der Waals surface area contributed by atoms with Gasteiger partial charge < -0.3 is 38.5 Å². The van der Waals surface area contributed by atoms with Crippen molar-refractivity contribution in [1.82, 2.24) is 0 Å². The molecular formula is C15H30O8P2. The molecule has 2 fully saturated rings. The van der Waals surface area contributed by atoms with Gasteiger partial charge in [-0.25, -0.2) is 0 Å². The normalized spacial score (nSPS) is 21.7. The summed E-state index contributed by atoms with van der Waals surface area (Å²) in [5, 5.41) is 10.2. The van der Waals surface area contributed by atoms with E-state index in [1.165, 1.54) is 0 Å². The third kappa shape index (κ3) is 6.58. The smallest absolute Gasteiger partial charge is 0.327 e. The average Bonchev–Trinajstić information content (AvgIpc) is 3.27. The van der Waals surface area contributed by atoms with Crippen LogP contribution in [0.1, 0.15) is 51.4 Å². The van der Waals surface area contributed by atoms with Crippen molar-refractivity contribution in [2.45, 2.75) is 63.6 Å². The summed E-state index contributed by atoms with van der Waals surface area (Å²) in [7, 11) is -5.18. The Morgan fingerprint density at radius 2 is 1.32 bits per heavy atom. The maximum absolute atomic E-state index is 10.2. The average molecular weight is 400 g/mol. The largest absolute Gasteiger partial charge is 0.396 e. The van der Waals surface area contributed by atoms with Gasteiger partial charge in [0.1, 0.15) is 0 Å². The Morgan fingerprint density at radius 1 is 0.840 bits per heavy atom. The SMILES string of the molecule is OCC(COP(O)O)(COP(O)O)C(OC1CCCC1)C1CCCC1. The molecule has 0 aromatic carbocycles. The maximum atomic E-state index is 10.2. The van der Waals surface area contributed by atoms with Crippen molar-refractivity contribution in [3.63, 3.8) is 0 Å². The van der Waals surface area contributed by atoms with Gasteiger partial charge in [-0.1, -0.05) is 25.7 Å². The highest BCUT2D eigenvalue weighted by atomic mass is 31.2.